The summed E-state index contributed by atoms with van der Waals surface area (Å²) in [5.41, 5.74) is 3.38. The molecule has 1 aliphatic rings. The molecule has 2 aromatic carbocycles. The number of ketones is 1. The lowest BCUT2D eigenvalue weighted by atomic mass is 9.97. The minimum atomic E-state index is 0.00681. The lowest BCUT2D eigenvalue weighted by Crippen LogP contribution is -2.05. The van der Waals surface area contributed by atoms with Crippen LogP contribution < -0.4 is 4.74 Å². The Labute approximate surface area is 123 Å². The third-order valence-electron chi connectivity index (χ3n) is 3.60. The second-order valence-electron chi connectivity index (χ2n) is 5.24. The predicted octanol–water partition coefficient (Wildman–Crippen LogP) is 4.20. The molecule has 0 saturated heterocycles. The van der Waals surface area contributed by atoms with E-state index in [1.165, 1.54) is 0 Å². The Bertz CT molecular complexity index is 691. The standard InChI is InChI=1S/C17H15ClO2/c1-10-3-5-14(18)9-15(10)17(19)12-4-6-16-13(8-12)7-11(2)20-16/h3-6,8-9,11H,7H2,1-2H3. The molecule has 2 nitrogen and oxygen atoms in total. The van der Waals surface area contributed by atoms with Gasteiger partial charge in [0.15, 0.2) is 5.78 Å². The number of rotatable bonds is 2. The van der Waals surface area contributed by atoms with Crippen molar-refractivity contribution >= 4 is 17.4 Å². The second kappa shape index (κ2) is 4.95. The maximum atomic E-state index is 12.6. The SMILES string of the molecule is Cc1ccc(Cl)cc1C(=O)c1ccc2c(c1)CC(C)O2. The number of carbonyl (C=O) groups is 1. The van der Waals surface area contributed by atoms with Crippen LogP contribution in [-0.2, 0) is 6.42 Å². The lowest BCUT2D eigenvalue weighted by Gasteiger charge is -2.07. The van der Waals surface area contributed by atoms with Crippen LogP contribution in [0.3, 0.4) is 0 Å². The van der Waals surface area contributed by atoms with E-state index in [0.29, 0.717) is 16.1 Å². The molecular weight excluding hydrogens is 272 g/mol. The number of carbonyl (C=O) groups excluding carboxylic acids is 1. The van der Waals surface area contributed by atoms with Gasteiger partial charge in [-0.1, -0.05) is 17.7 Å². The second-order valence-corrected chi connectivity index (χ2v) is 5.68. The molecule has 1 aliphatic heterocycles. The fourth-order valence-corrected chi connectivity index (χ4v) is 2.73. The number of halogens is 1. The average molecular weight is 287 g/mol. The summed E-state index contributed by atoms with van der Waals surface area (Å²) in [5, 5.41) is 0.581. The molecule has 0 saturated carbocycles. The molecule has 1 atom stereocenters. The Hall–Kier alpha value is -1.80. The maximum absolute atomic E-state index is 12.6. The van der Waals surface area contributed by atoms with E-state index in [0.717, 1.165) is 23.3 Å². The van der Waals surface area contributed by atoms with Gasteiger partial charge in [-0.3, -0.25) is 4.79 Å². The van der Waals surface area contributed by atoms with Crippen LogP contribution >= 0.6 is 11.6 Å². The minimum Gasteiger partial charge on any atom is -0.490 e. The van der Waals surface area contributed by atoms with Gasteiger partial charge in [0.05, 0.1) is 0 Å². The van der Waals surface area contributed by atoms with Gasteiger partial charge in [-0.25, -0.2) is 0 Å². The van der Waals surface area contributed by atoms with E-state index < -0.39 is 0 Å². The molecule has 3 heteroatoms. The van der Waals surface area contributed by atoms with E-state index in [-0.39, 0.29) is 11.9 Å². The van der Waals surface area contributed by atoms with Crippen molar-refractivity contribution in [1.29, 1.82) is 0 Å². The molecule has 0 N–H and O–H groups in total. The molecule has 1 unspecified atom stereocenters. The van der Waals surface area contributed by atoms with E-state index in [1.807, 2.05) is 38.1 Å². The Morgan fingerprint density at radius 2 is 2.05 bits per heavy atom. The summed E-state index contributed by atoms with van der Waals surface area (Å²) in [6, 6.07) is 11.0. The first-order valence-electron chi connectivity index (χ1n) is 6.65. The topological polar surface area (TPSA) is 26.3 Å². The Morgan fingerprint density at radius 3 is 2.85 bits per heavy atom. The van der Waals surface area contributed by atoms with E-state index in [4.69, 9.17) is 16.3 Å². The van der Waals surface area contributed by atoms with Gasteiger partial charge >= 0.3 is 0 Å². The van der Waals surface area contributed by atoms with Gasteiger partial charge in [0.25, 0.3) is 0 Å². The first-order valence-corrected chi connectivity index (χ1v) is 7.03. The molecule has 0 aliphatic carbocycles. The summed E-state index contributed by atoms with van der Waals surface area (Å²) < 4.78 is 5.66. The molecule has 0 fully saturated rings. The number of ether oxygens (including phenoxy) is 1. The first-order chi connectivity index (χ1) is 9.54. The summed E-state index contributed by atoms with van der Waals surface area (Å²) in [6.45, 7) is 3.95. The number of benzene rings is 2. The van der Waals surface area contributed by atoms with E-state index in [9.17, 15) is 4.79 Å². The van der Waals surface area contributed by atoms with Crippen LogP contribution in [0.1, 0.15) is 34.0 Å². The van der Waals surface area contributed by atoms with Gasteiger partial charge in [-0.05, 0) is 55.3 Å². The highest BCUT2D eigenvalue weighted by molar-refractivity contribution is 6.31. The summed E-state index contributed by atoms with van der Waals surface area (Å²) in [5.74, 6) is 0.893. The van der Waals surface area contributed by atoms with Crippen LogP contribution in [0.4, 0.5) is 0 Å². The molecule has 0 spiro atoms. The zero-order valence-electron chi connectivity index (χ0n) is 11.4. The number of fused-ring (bicyclic) bond motifs is 1. The first kappa shape index (κ1) is 13.2. The quantitative estimate of drug-likeness (QED) is 0.773. The lowest BCUT2D eigenvalue weighted by molar-refractivity contribution is 0.103. The molecule has 0 amide bonds. The summed E-state index contributed by atoms with van der Waals surface area (Å²) in [7, 11) is 0. The summed E-state index contributed by atoms with van der Waals surface area (Å²) in [6.07, 6.45) is 1.04. The van der Waals surface area contributed by atoms with Crippen LogP contribution in [0, 0.1) is 6.92 Å². The predicted molar refractivity (Wildman–Crippen MR) is 79.9 cm³/mol. The van der Waals surface area contributed by atoms with Gasteiger partial charge in [0.2, 0.25) is 0 Å². The molecule has 1 heterocycles. The third kappa shape index (κ3) is 2.32. The Balaban J connectivity index is 1.99. The zero-order valence-corrected chi connectivity index (χ0v) is 12.2. The highest BCUT2D eigenvalue weighted by atomic mass is 35.5. The summed E-state index contributed by atoms with van der Waals surface area (Å²) in [4.78, 5) is 12.6. The number of hydrogen-bond donors (Lipinski definition) is 0. The smallest absolute Gasteiger partial charge is 0.193 e. The van der Waals surface area contributed by atoms with Crippen LogP contribution in [0.5, 0.6) is 5.75 Å². The van der Waals surface area contributed by atoms with Crippen molar-refractivity contribution < 1.29 is 9.53 Å². The zero-order chi connectivity index (χ0) is 14.3. The highest BCUT2D eigenvalue weighted by Crippen LogP contribution is 2.30. The van der Waals surface area contributed by atoms with Gasteiger partial charge in [-0.15, -0.1) is 0 Å². The highest BCUT2D eigenvalue weighted by Gasteiger charge is 2.21. The van der Waals surface area contributed by atoms with E-state index in [1.54, 1.807) is 12.1 Å². The number of aryl methyl sites for hydroxylation is 1. The normalized spacial score (nSPS) is 16.6. The molecule has 3 rings (SSSR count). The fourth-order valence-electron chi connectivity index (χ4n) is 2.56. The van der Waals surface area contributed by atoms with Crippen LogP contribution in [-0.4, -0.2) is 11.9 Å². The molecule has 0 aromatic heterocycles. The minimum absolute atomic E-state index is 0.00681. The molecule has 102 valence electrons. The van der Waals surface area contributed by atoms with Crippen LogP contribution in [0.2, 0.25) is 5.02 Å². The molecular formula is C17H15ClO2. The average Bonchev–Trinajstić information content (AvgIpc) is 2.79. The van der Waals surface area contributed by atoms with Gasteiger partial charge in [0, 0.05) is 22.6 Å². The Morgan fingerprint density at radius 1 is 1.25 bits per heavy atom. The Kier molecular flexibility index (Phi) is 3.27. The van der Waals surface area contributed by atoms with Crippen molar-refractivity contribution in [3.05, 3.63) is 63.7 Å². The molecule has 2 aromatic rings. The fraction of sp³-hybridized carbons (Fsp3) is 0.235. The van der Waals surface area contributed by atoms with Gasteiger partial charge in [-0.2, -0.15) is 0 Å². The van der Waals surface area contributed by atoms with Crippen molar-refractivity contribution in [2.75, 3.05) is 0 Å². The van der Waals surface area contributed by atoms with Crippen molar-refractivity contribution in [3.63, 3.8) is 0 Å². The van der Waals surface area contributed by atoms with Crippen molar-refractivity contribution in [1.82, 2.24) is 0 Å². The van der Waals surface area contributed by atoms with Crippen molar-refractivity contribution in [2.45, 2.75) is 26.4 Å². The maximum Gasteiger partial charge on any atom is 0.193 e. The number of hydrogen-bond acceptors (Lipinski definition) is 2. The molecule has 20 heavy (non-hydrogen) atoms. The van der Waals surface area contributed by atoms with E-state index >= 15 is 0 Å². The molecule has 0 radical (unpaired) electrons. The third-order valence-corrected chi connectivity index (χ3v) is 3.84. The van der Waals surface area contributed by atoms with E-state index in [2.05, 4.69) is 0 Å². The van der Waals surface area contributed by atoms with Crippen molar-refractivity contribution in [3.8, 4) is 5.75 Å². The monoisotopic (exact) mass is 286 g/mol. The molecule has 0 bridgehead atoms. The van der Waals surface area contributed by atoms with Gasteiger partial charge < -0.3 is 4.74 Å². The van der Waals surface area contributed by atoms with Crippen LogP contribution in [0.25, 0.3) is 0 Å². The summed E-state index contributed by atoms with van der Waals surface area (Å²) >= 11 is 5.99. The van der Waals surface area contributed by atoms with Crippen molar-refractivity contribution in [2.24, 2.45) is 0 Å². The largest absolute Gasteiger partial charge is 0.490 e. The van der Waals surface area contributed by atoms with Crippen LogP contribution in [0.15, 0.2) is 36.4 Å². The van der Waals surface area contributed by atoms with Gasteiger partial charge in [0.1, 0.15) is 11.9 Å².